The third-order valence-corrected chi connectivity index (χ3v) is 8.61. The molecule has 1 saturated heterocycles. The minimum absolute atomic E-state index is 0.0495. The fourth-order valence-electron chi connectivity index (χ4n) is 5.58. The number of ether oxygens (including phenoxy) is 1. The van der Waals surface area contributed by atoms with E-state index in [0.29, 0.717) is 44.8 Å². The van der Waals surface area contributed by atoms with Crippen molar-refractivity contribution < 1.29 is 19.6 Å². The lowest BCUT2D eigenvalue weighted by Gasteiger charge is -2.34. The van der Waals surface area contributed by atoms with Crippen molar-refractivity contribution in [1.82, 2.24) is 9.80 Å². The fourth-order valence-corrected chi connectivity index (χ4v) is 6.08. The number of benzene rings is 3. The zero-order chi connectivity index (χ0) is 28.4. The molecule has 0 bridgehead atoms. The van der Waals surface area contributed by atoms with Gasteiger partial charge in [-0.25, -0.2) is 4.79 Å². The molecular formula is C32H37BN2O4Si. The van der Waals surface area contributed by atoms with Crippen molar-refractivity contribution in [3.05, 3.63) is 88.5 Å². The van der Waals surface area contributed by atoms with Gasteiger partial charge in [-0.1, -0.05) is 80.2 Å². The third-order valence-electron chi connectivity index (χ3n) is 7.73. The van der Waals surface area contributed by atoms with Crippen LogP contribution in [0.2, 0.25) is 19.6 Å². The average Bonchev–Trinajstić information content (AvgIpc) is 3.25. The maximum absolute atomic E-state index is 13.0. The minimum Gasteiger partial charge on any atom is -0.448 e. The van der Waals surface area contributed by atoms with Crippen LogP contribution in [0.25, 0.3) is 11.1 Å². The fraction of sp³-hybridized carbons (Fsp3) is 0.344. The van der Waals surface area contributed by atoms with Crippen molar-refractivity contribution in [3.8, 4) is 22.6 Å². The first-order chi connectivity index (χ1) is 19.1. The smallest absolute Gasteiger partial charge is 0.448 e. The Hall–Kier alpha value is -3.35. The van der Waals surface area contributed by atoms with Gasteiger partial charge in [-0.3, -0.25) is 4.90 Å². The number of amides is 1. The van der Waals surface area contributed by atoms with Crippen LogP contribution in [-0.4, -0.2) is 73.9 Å². The van der Waals surface area contributed by atoms with E-state index in [2.05, 4.69) is 78.5 Å². The van der Waals surface area contributed by atoms with Crippen molar-refractivity contribution in [3.63, 3.8) is 0 Å². The van der Waals surface area contributed by atoms with Crippen LogP contribution >= 0.6 is 0 Å². The van der Waals surface area contributed by atoms with E-state index in [1.807, 2.05) is 25.1 Å². The van der Waals surface area contributed by atoms with E-state index in [4.69, 9.17) is 4.74 Å². The van der Waals surface area contributed by atoms with Crippen LogP contribution in [0, 0.1) is 18.4 Å². The van der Waals surface area contributed by atoms with Gasteiger partial charge in [-0.2, -0.15) is 0 Å². The molecule has 0 unspecified atom stereocenters. The Kier molecular flexibility index (Phi) is 8.20. The van der Waals surface area contributed by atoms with Crippen LogP contribution < -0.4 is 5.46 Å². The summed E-state index contributed by atoms with van der Waals surface area (Å²) in [6.45, 7) is 12.0. The molecule has 3 aromatic rings. The van der Waals surface area contributed by atoms with Gasteiger partial charge in [0.15, 0.2) is 0 Å². The molecule has 1 amide bonds. The Morgan fingerprint density at radius 2 is 1.57 bits per heavy atom. The van der Waals surface area contributed by atoms with Crippen LogP contribution in [0.4, 0.5) is 4.79 Å². The topological polar surface area (TPSA) is 73.2 Å². The van der Waals surface area contributed by atoms with Crippen molar-refractivity contribution in [2.75, 3.05) is 32.8 Å². The number of carbonyl (C=O) groups excluding carboxylic acids is 1. The highest BCUT2D eigenvalue weighted by atomic mass is 28.3. The second-order valence-electron chi connectivity index (χ2n) is 11.8. The second kappa shape index (κ2) is 11.6. The normalized spacial score (nSPS) is 15.2. The van der Waals surface area contributed by atoms with Crippen molar-refractivity contribution >= 4 is 26.7 Å². The first-order valence-electron chi connectivity index (χ1n) is 14.0. The summed E-state index contributed by atoms with van der Waals surface area (Å²) >= 11 is 0. The summed E-state index contributed by atoms with van der Waals surface area (Å²) in [6, 6.07) is 20.6. The van der Waals surface area contributed by atoms with Crippen LogP contribution in [0.3, 0.4) is 0 Å². The van der Waals surface area contributed by atoms with Crippen LogP contribution in [0.15, 0.2) is 60.7 Å². The van der Waals surface area contributed by atoms with Crippen molar-refractivity contribution in [1.29, 1.82) is 0 Å². The predicted molar refractivity (Wildman–Crippen MR) is 163 cm³/mol. The number of hydrogen-bond donors (Lipinski definition) is 2. The van der Waals surface area contributed by atoms with E-state index in [0.717, 1.165) is 16.7 Å². The summed E-state index contributed by atoms with van der Waals surface area (Å²) in [5.41, 5.74) is 11.4. The highest BCUT2D eigenvalue weighted by molar-refractivity contribution is 6.83. The molecule has 1 aliphatic heterocycles. The van der Waals surface area contributed by atoms with E-state index in [1.165, 1.54) is 22.3 Å². The van der Waals surface area contributed by atoms with Gasteiger partial charge in [-0.15, -0.1) is 5.54 Å². The van der Waals surface area contributed by atoms with E-state index < -0.39 is 15.2 Å². The van der Waals surface area contributed by atoms with Crippen molar-refractivity contribution in [2.24, 2.45) is 0 Å². The molecule has 0 atom stereocenters. The number of piperazine rings is 1. The van der Waals surface area contributed by atoms with E-state index >= 15 is 0 Å². The molecule has 206 valence electrons. The molecule has 0 radical (unpaired) electrons. The summed E-state index contributed by atoms with van der Waals surface area (Å²) in [7, 11) is -3.13. The Bertz CT molecular complexity index is 1420. The number of rotatable bonds is 5. The van der Waals surface area contributed by atoms with Gasteiger partial charge in [-0.05, 0) is 51.8 Å². The van der Waals surface area contributed by atoms with Crippen molar-refractivity contribution in [2.45, 2.75) is 39.0 Å². The number of nitrogens with zero attached hydrogens (tertiary/aromatic N) is 2. The molecule has 5 rings (SSSR count). The lowest BCUT2D eigenvalue weighted by atomic mass is 9.75. The lowest BCUT2D eigenvalue weighted by molar-refractivity contribution is 0.0728. The molecule has 2 aliphatic rings. The van der Waals surface area contributed by atoms with E-state index in [-0.39, 0.29) is 12.0 Å². The van der Waals surface area contributed by atoms with Gasteiger partial charge < -0.3 is 19.7 Å². The maximum Gasteiger partial charge on any atom is 0.488 e. The van der Waals surface area contributed by atoms with Crippen LogP contribution in [0.1, 0.15) is 33.7 Å². The zero-order valence-corrected chi connectivity index (χ0v) is 24.8. The summed E-state index contributed by atoms with van der Waals surface area (Å²) < 4.78 is 5.86. The third kappa shape index (κ3) is 6.19. The highest BCUT2D eigenvalue weighted by Gasteiger charge is 2.30. The summed E-state index contributed by atoms with van der Waals surface area (Å²) in [4.78, 5) is 17.1. The quantitative estimate of drug-likeness (QED) is 0.370. The largest absolute Gasteiger partial charge is 0.488 e. The van der Waals surface area contributed by atoms with Gasteiger partial charge in [0, 0.05) is 44.2 Å². The van der Waals surface area contributed by atoms with E-state index in [9.17, 15) is 14.8 Å². The standard InChI is InChI=1S/C32H37BN2O4Si/c1-23-25(13-18-40(2,3)4)19-24(20-31(23)33(37)38)21-34-14-16-35(17-15-34)32(36)39-22-30-28-11-7-5-9-26(28)27-10-6-8-12-29(27)30/h5-12,19-20,30,37-38H,14-17,21-22H2,1-4H3. The number of hydrogen-bond acceptors (Lipinski definition) is 5. The first-order valence-corrected chi connectivity index (χ1v) is 17.5. The average molecular weight is 553 g/mol. The monoisotopic (exact) mass is 552 g/mol. The molecule has 0 saturated carbocycles. The Morgan fingerprint density at radius 1 is 0.975 bits per heavy atom. The van der Waals surface area contributed by atoms with Gasteiger partial charge >= 0.3 is 13.2 Å². The highest BCUT2D eigenvalue weighted by Crippen LogP contribution is 2.44. The second-order valence-corrected chi connectivity index (χ2v) is 16.5. The molecule has 1 fully saturated rings. The number of fused-ring (bicyclic) bond motifs is 3. The number of carbonyl (C=O) groups is 1. The molecule has 2 N–H and O–H groups in total. The minimum atomic E-state index is -1.58. The summed E-state index contributed by atoms with van der Waals surface area (Å²) in [5, 5.41) is 19.9. The van der Waals surface area contributed by atoms with Gasteiger partial charge in [0.05, 0.1) is 0 Å². The Balaban J connectivity index is 1.20. The molecule has 3 aromatic carbocycles. The maximum atomic E-state index is 13.0. The molecule has 40 heavy (non-hydrogen) atoms. The van der Waals surface area contributed by atoms with Gasteiger partial charge in [0.2, 0.25) is 0 Å². The lowest BCUT2D eigenvalue weighted by Crippen LogP contribution is -2.48. The van der Waals surface area contributed by atoms with Gasteiger partial charge in [0.25, 0.3) is 0 Å². The van der Waals surface area contributed by atoms with E-state index in [1.54, 1.807) is 4.90 Å². The predicted octanol–water partition coefficient (Wildman–Crippen LogP) is 3.97. The van der Waals surface area contributed by atoms with Crippen LogP contribution in [-0.2, 0) is 11.3 Å². The molecule has 1 heterocycles. The SMILES string of the molecule is Cc1c(C#C[Si](C)(C)C)cc(CN2CCN(C(=O)OCC3c4ccccc4-c4ccccc43)CC2)cc1B(O)O. The molecule has 1 aliphatic carbocycles. The summed E-state index contributed by atoms with van der Waals surface area (Å²) in [6.07, 6.45) is -0.272. The summed E-state index contributed by atoms with van der Waals surface area (Å²) in [5.74, 6) is 3.35. The Labute approximate surface area is 238 Å². The molecule has 0 spiro atoms. The molecule has 6 nitrogen and oxygen atoms in total. The van der Waals surface area contributed by atoms with Gasteiger partial charge in [0.1, 0.15) is 14.7 Å². The zero-order valence-electron chi connectivity index (χ0n) is 23.8. The molecule has 0 aromatic heterocycles. The van der Waals surface area contributed by atoms with Crippen LogP contribution in [0.5, 0.6) is 0 Å². The first kappa shape index (κ1) is 28.2. The Morgan fingerprint density at radius 3 is 2.15 bits per heavy atom. The molecule has 8 heteroatoms. The molecular weight excluding hydrogens is 515 g/mol.